The minimum absolute atomic E-state index is 0.562. The SMILES string of the molecule is COc1ccccc1CN/N=C\c1cn(Cc2ccc(Cl)c(Cl)c2)c2ccccc12. The van der Waals surface area contributed by atoms with Crippen molar-refractivity contribution in [1.29, 1.82) is 0 Å². The van der Waals surface area contributed by atoms with Crippen LogP contribution in [0.5, 0.6) is 5.75 Å². The van der Waals surface area contributed by atoms with Crippen LogP contribution < -0.4 is 10.2 Å². The number of para-hydroxylation sites is 2. The standard InChI is InChI=1S/C24H21Cl2N3O/c1-30-24-9-5-2-6-18(24)13-27-28-14-19-16-29(23-8-4-3-7-20(19)23)15-17-10-11-21(25)22(26)12-17/h2-12,14,16,27H,13,15H2,1H3/b28-14-. The molecular formula is C24H21Cl2N3O. The Kier molecular flexibility index (Phi) is 6.26. The number of nitrogens with one attached hydrogen (secondary N) is 1. The summed E-state index contributed by atoms with van der Waals surface area (Å²) >= 11 is 12.2. The molecule has 4 aromatic rings. The van der Waals surface area contributed by atoms with E-state index in [1.165, 1.54) is 0 Å². The number of ether oxygens (including phenoxy) is 1. The monoisotopic (exact) mass is 437 g/mol. The molecule has 0 aliphatic rings. The highest BCUT2D eigenvalue weighted by molar-refractivity contribution is 6.42. The molecule has 0 saturated heterocycles. The first kappa shape index (κ1) is 20.3. The molecule has 0 spiro atoms. The third kappa shape index (κ3) is 4.45. The highest BCUT2D eigenvalue weighted by atomic mass is 35.5. The van der Waals surface area contributed by atoms with Crippen molar-refractivity contribution in [2.45, 2.75) is 13.1 Å². The zero-order chi connectivity index (χ0) is 20.9. The fourth-order valence-electron chi connectivity index (χ4n) is 3.44. The molecule has 0 amide bonds. The van der Waals surface area contributed by atoms with E-state index in [1.54, 1.807) is 7.11 Å². The van der Waals surface area contributed by atoms with Crippen molar-refractivity contribution in [3.05, 3.63) is 99.7 Å². The van der Waals surface area contributed by atoms with Crippen molar-refractivity contribution in [2.75, 3.05) is 7.11 Å². The second-order valence-corrected chi connectivity index (χ2v) is 7.70. The summed E-state index contributed by atoms with van der Waals surface area (Å²) < 4.78 is 7.57. The average molecular weight is 438 g/mol. The van der Waals surface area contributed by atoms with E-state index in [4.69, 9.17) is 27.9 Å². The highest BCUT2D eigenvalue weighted by Crippen LogP contribution is 2.25. The second kappa shape index (κ2) is 9.24. The lowest BCUT2D eigenvalue weighted by Gasteiger charge is -2.07. The number of hydrazone groups is 1. The number of benzene rings is 3. The van der Waals surface area contributed by atoms with E-state index >= 15 is 0 Å². The van der Waals surface area contributed by atoms with Gasteiger partial charge in [-0.1, -0.05) is 65.7 Å². The Bertz CT molecular complexity index is 1200. The lowest BCUT2D eigenvalue weighted by Crippen LogP contribution is -2.06. The van der Waals surface area contributed by atoms with E-state index < -0.39 is 0 Å². The Morgan fingerprint density at radius 2 is 1.80 bits per heavy atom. The molecule has 0 aliphatic heterocycles. The van der Waals surface area contributed by atoms with Crippen LogP contribution in [-0.4, -0.2) is 17.9 Å². The first-order valence-corrected chi connectivity index (χ1v) is 10.3. The molecule has 0 aliphatic carbocycles. The summed E-state index contributed by atoms with van der Waals surface area (Å²) in [6, 6.07) is 21.9. The van der Waals surface area contributed by atoms with E-state index in [0.29, 0.717) is 23.1 Å². The second-order valence-electron chi connectivity index (χ2n) is 6.88. The molecule has 4 rings (SSSR count). The van der Waals surface area contributed by atoms with Crippen LogP contribution in [-0.2, 0) is 13.1 Å². The lowest BCUT2D eigenvalue weighted by atomic mass is 10.2. The molecule has 30 heavy (non-hydrogen) atoms. The first-order valence-electron chi connectivity index (χ1n) is 9.55. The number of rotatable bonds is 7. The quantitative estimate of drug-likeness (QED) is 0.279. The van der Waals surface area contributed by atoms with E-state index in [-0.39, 0.29) is 0 Å². The van der Waals surface area contributed by atoms with Gasteiger partial charge in [0.2, 0.25) is 0 Å². The Balaban J connectivity index is 1.54. The first-order chi connectivity index (χ1) is 14.7. The number of fused-ring (bicyclic) bond motifs is 1. The summed E-state index contributed by atoms with van der Waals surface area (Å²) in [5, 5.41) is 6.69. The Labute approximate surface area is 185 Å². The van der Waals surface area contributed by atoms with Crippen LogP contribution in [0.4, 0.5) is 0 Å². The molecule has 6 heteroatoms. The maximum Gasteiger partial charge on any atom is 0.123 e. The zero-order valence-electron chi connectivity index (χ0n) is 16.5. The van der Waals surface area contributed by atoms with Crippen LogP contribution in [0.15, 0.2) is 78.0 Å². The van der Waals surface area contributed by atoms with Crippen molar-refractivity contribution < 1.29 is 4.74 Å². The van der Waals surface area contributed by atoms with Crippen LogP contribution in [0, 0.1) is 0 Å². The molecule has 3 aromatic carbocycles. The van der Waals surface area contributed by atoms with Crippen molar-refractivity contribution >= 4 is 40.3 Å². The molecule has 1 heterocycles. The molecule has 1 N–H and O–H groups in total. The summed E-state index contributed by atoms with van der Waals surface area (Å²) in [6.45, 7) is 1.28. The largest absolute Gasteiger partial charge is 0.496 e. The maximum absolute atomic E-state index is 6.18. The lowest BCUT2D eigenvalue weighted by molar-refractivity contribution is 0.408. The minimum atomic E-state index is 0.562. The zero-order valence-corrected chi connectivity index (χ0v) is 18.0. The molecule has 4 nitrogen and oxygen atoms in total. The summed E-state index contributed by atoms with van der Waals surface area (Å²) in [7, 11) is 1.67. The molecule has 0 fully saturated rings. The Morgan fingerprint density at radius 1 is 1.00 bits per heavy atom. The number of nitrogens with zero attached hydrogens (tertiary/aromatic N) is 2. The molecule has 0 bridgehead atoms. The van der Waals surface area contributed by atoms with Gasteiger partial charge in [-0.3, -0.25) is 0 Å². The Morgan fingerprint density at radius 3 is 2.63 bits per heavy atom. The van der Waals surface area contributed by atoms with E-state index in [0.717, 1.165) is 33.3 Å². The van der Waals surface area contributed by atoms with Crippen LogP contribution in [0.25, 0.3) is 10.9 Å². The van der Waals surface area contributed by atoms with Crippen LogP contribution in [0.1, 0.15) is 16.7 Å². The summed E-state index contributed by atoms with van der Waals surface area (Å²) in [4.78, 5) is 0. The van der Waals surface area contributed by atoms with Crippen LogP contribution in [0.2, 0.25) is 10.0 Å². The van der Waals surface area contributed by atoms with Gasteiger partial charge in [-0.2, -0.15) is 5.10 Å². The molecule has 0 unspecified atom stereocenters. The molecule has 1 aromatic heterocycles. The van der Waals surface area contributed by atoms with Gasteiger partial charge in [0, 0.05) is 34.8 Å². The number of hydrogen-bond acceptors (Lipinski definition) is 3. The number of hydrogen-bond donors (Lipinski definition) is 1. The molecule has 0 radical (unpaired) electrons. The number of halogens is 2. The molecule has 0 atom stereocenters. The third-order valence-electron chi connectivity index (χ3n) is 4.91. The normalized spacial score (nSPS) is 11.3. The van der Waals surface area contributed by atoms with Crippen LogP contribution in [0.3, 0.4) is 0 Å². The summed E-state index contributed by atoms with van der Waals surface area (Å²) in [6.07, 6.45) is 3.95. The van der Waals surface area contributed by atoms with E-state index in [2.05, 4.69) is 33.4 Å². The number of methoxy groups -OCH3 is 1. The summed E-state index contributed by atoms with van der Waals surface area (Å²) in [5.41, 5.74) is 7.43. The fourth-order valence-corrected chi connectivity index (χ4v) is 3.76. The summed E-state index contributed by atoms with van der Waals surface area (Å²) in [5.74, 6) is 0.846. The van der Waals surface area contributed by atoms with E-state index in [9.17, 15) is 0 Å². The van der Waals surface area contributed by atoms with Gasteiger partial charge in [0.15, 0.2) is 0 Å². The smallest absolute Gasteiger partial charge is 0.123 e. The third-order valence-corrected chi connectivity index (χ3v) is 5.65. The fraction of sp³-hybridized carbons (Fsp3) is 0.125. The van der Waals surface area contributed by atoms with Gasteiger partial charge in [0.1, 0.15) is 5.75 Å². The van der Waals surface area contributed by atoms with Crippen molar-refractivity contribution in [3.8, 4) is 5.75 Å². The van der Waals surface area contributed by atoms with Gasteiger partial charge in [-0.15, -0.1) is 0 Å². The maximum atomic E-state index is 6.18. The van der Waals surface area contributed by atoms with Gasteiger partial charge in [0.05, 0.1) is 29.9 Å². The van der Waals surface area contributed by atoms with Gasteiger partial charge in [0.25, 0.3) is 0 Å². The molecular weight excluding hydrogens is 417 g/mol. The highest BCUT2D eigenvalue weighted by Gasteiger charge is 2.08. The van der Waals surface area contributed by atoms with Gasteiger partial charge in [-0.25, -0.2) is 0 Å². The van der Waals surface area contributed by atoms with Gasteiger partial charge >= 0.3 is 0 Å². The van der Waals surface area contributed by atoms with Crippen LogP contribution >= 0.6 is 23.2 Å². The average Bonchev–Trinajstić information content (AvgIpc) is 3.11. The van der Waals surface area contributed by atoms with Gasteiger partial charge in [-0.05, 0) is 29.8 Å². The predicted octanol–water partition coefficient (Wildman–Crippen LogP) is 6.13. The van der Waals surface area contributed by atoms with Crippen molar-refractivity contribution in [3.63, 3.8) is 0 Å². The molecule has 0 saturated carbocycles. The van der Waals surface area contributed by atoms with Gasteiger partial charge < -0.3 is 14.7 Å². The van der Waals surface area contributed by atoms with E-state index in [1.807, 2.05) is 60.8 Å². The van der Waals surface area contributed by atoms with Crippen molar-refractivity contribution in [1.82, 2.24) is 9.99 Å². The number of aromatic nitrogens is 1. The predicted molar refractivity (Wildman–Crippen MR) is 125 cm³/mol. The Hall–Kier alpha value is -2.95. The molecule has 152 valence electrons. The minimum Gasteiger partial charge on any atom is -0.496 e. The topological polar surface area (TPSA) is 38.5 Å². The van der Waals surface area contributed by atoms with Crippen molar-refractivity contribution in [2.24, 2.45) is 5.10 Å².